The number of hydrogen-bond donors (Lipinski definition) is 1. The van der Waals surface area contributed by atoms with Crippen molar-refractivity contribution in [3.05, 3.63) is 58.0 Å². The summed E-state index contributed by atoms with van der Waals surface area (Å²) in [7, 11) is 1.34. The molecule has 1 unspecified atom stereocenters. The minimum absolute atomic E-state index is 0.132. The second-order valence-corrected chi connectivity index (χ2v) is 7.03. The first kappa shape index (κ1) is 18.5. The monoisotopic (exact) mass is 367 g/mol. The van der Waals surface area contributed by atoms with Crippen molar-refractivity contribution in [1.82, 2.24) is 5.32 Å². The largest absolute Gasteiger partial charge is 0.469 e. The maximum absolute atomic E-state index is 13.1. The molecule has 0 saturated carbocycles. The molecule has 1 amide bonds. The molecule has 1 heterocycles. The van der Waals surface area contributed by atoms with E-state index in [2.05, 4.69) is 10.1 Å². The van der Waals surface area contributed by atoms with E-state index in [0.29, 0.717) is 5.75 Å². The van der Waals surface area contributed by atoms with Gasteiger partial charge in [0.1, 0.15) is 5.82 Å². The fourth-order valence-electron chi connectivity index (χ4n) is 2.05. The Morgan fingerprint density at radius 1 is 1.29 bits per heavy atom. The highest BCUT2D eigenvalue weighted by Gasteiger charge is 2.18. The average Bonchev–Trinajstić information content (AvgIpc) is 3.11. The lowest BCUT2D eigenvalue weighted by Crippen LogP contribution is -2.30. The van der Waals surface area contributed by atoms with Crippen molar-refractivity contribution in [2.45, 2.75) is 12.5 Å². The van der Waals surface area contributed by atoms with Gasteiger partial charge >= 0.3 is 5.97 Å². The molecule has 0 aliphatic heterocycles. The number of hydrogen-bond acceptors (Lipinski definition) is 5. The molecule has 4 nitrogen and oxygen atoms in total. The van der Waals surface area contributed by atoms with Gasteiger partial charge in [-0.15, -0.1) is 11.3 Å². The Labute approximate surface area is 148 Å². The summed E-state index contributed by atoms with van der Waals surface area (Å²) < 4.78 is 17.7. The molecule has 0 spiro atoms. The predicted octanol–water partition coefficient (Wildman–Crippen LogP) is 3.39. The number of rotatable bonds is 8. The van der Waals surface area contributed by atoms with Gasteiger partial charge in [0.2, 0.25) is 5.91 Å². The van der Waals surface area contributed by atoms with E-state index >= 15 is 0 Å². The Balaban J connectivity index is 1.95. The second-order valence-electron chi connectivity index (χ2n) is 4.95. The Morgan fingerprint density at radius 2 is 2.04 bits per heavy atom. The molecule has 0 radical (unpaired) electrons. The molecule has 24 heavy (non-hydrogen) atoms. The van der Waals surface area contributed by atoms with Crippen molar-refractivity contribution in [1.29, 1.82) is 0 Å². The summed E-state index contributed by atoms with van der Waals surface area (Å²) in [6.07, 6.45) is 0.279. The maximum Gasteiger partial charge on any atom is 0.306 e. The third-order valence-electron chi connectivity index (χ3n) is 3.25. The van der Waals surface area contributed by atoms with Crippen LogP contribution in [0.1, 0.15) is 22.9 Å². The first-order valence-corrected chi connectivity index (χ1v) is 9.36. The highest BCUT2D eigenvalue weighted by molar-refractivity contribution is 7.99. The second kappa shape index (κ2) is 9.44. The van der Waals surface area contributed by atoms with Gasteiger partial charge in [0.05, 0.1) is 25.3 Å². The number of halogens is 1. The number of thioether (sulfide) groups is 1. The fraction of sp³-hybridized carbons (Fsp3) is 0.294. The quantitative estimate of drug-likeness (QED) is 0.574. The van der Waals surface area contributed by atoms with Crippen LogP contribution in [0.25, 0.3) is 0 Å². The SMILES string of the molecule is COC(=O)CCSCC(=O)NC(c1ccc(F)cc1)c1cccs1. The molecule has 2 aromatic rings. The predicted molar refractivity (Wildman–Crippen MR) is 94.7 cm³/mol. The van der Waals surface area contributed by atoms with Gasteiger partial charge < -0.3 is 10.1 Å². The van der Waals surface area contributed by atoms with Gasteiger partial charge in [0.25, 0.3) is 0 Å². The fourth-order valence-corrected chi connectivity index (χ4v) is 3.58. The van der Waals surface area contributed by atoms with E-state index in [4.69, 9.17) is 0 Å². The van der Waals surface area contributed by atoms with Crippen LogP contribution < -0.4 is 5.32 Å². The van der Waals surface area contributed by atoms with E-state index in [1.54, 1.807) is 12.1 Å². The third kappa shape index (κ3) is 5.65. The molecule has 0 saturated heterocycles. The first-order valence-electron chi connectivity index (χ1n) is 7.33. The molecule has 1 aromatic carbocycles. The van der Waals surface area contributed by atoms with E-state index in [1.807, 2.05) is 17.5 Å². The van der Waals surface area contributed by atoms with Gasteiger partial charge in [-0.1, -0.05) is 18.2 Å². The van der Waals surface area contributed by atoms with Gasteiger partial charge in [-0.25, -0.2) is 4.39 Å². The minimum Gasteiger partial charge on any atom is -0.469 e. The topological polar surface area (TPSA) is 55.4 Å². The lowest BCUT2D eigenvalue weighted by molar-refractivity contribution is -0.140. The van der Waals surface area contributed by atoms with Crippen LogP contribution in [0.3, 0.4) is 0 Å². The smallest absolute Gasteiger partial charge is 0.306 e. The summed E-state index contributed by atoms with van der Waals surface area (Å²) in [5, 5.41) is 4.90. The third-order valence-corrected chi connectivity index (χ3v) is 5.14. The molecule has 1 atom stereocenters. The van der Waals surface area contributed by atoms with Crippen LogP contribution >= 0.6 is 23.1 Å². The van der Waals surface area contributed by atoms with Gasteiger partial charge in [-0.05, 0) is 29.1 Å². The molecular formula is C17H18FNO3S2. The van der Waals surface area contributed by atoms with Crippen LogP contribution in [0, 0.1) is 5.82 Å². The molecule has 128 valence electrons. The van der Waals surface area contributed by atoms with E-state index in [9.17, 15) is 14.0 Å². The van der Waals surface area contributed by atoms with Crippen LogP contribution in [-0.4, -0.2) is 30.5 Å². The molecule has 2 rings (SSSR count). The molecule has 0 fully saturated rings. The van der Waals surface area contributed by atoms with Crippen molar-refractivity contribution in [3.8, 4) is 0 Å². The van der Waals surface area contributed by atoms with Crippen LogP contribution in [0.15, 0.2) is 41.8 Å². The first-order chi connectivity index (χ1) is 11.6. The van der Waals surface area contributed by atoms with Crippen molar-refractivity contribution in [3.63, 3.8) is 0 Å². The molecule has 7 heteroatoms. The van der Waals surface area contributed by atoms with Crippen molar-refractivity contribution in [2.75, 3.05) is 18.6 Å². The van der Waals surface area contributed by atoms with Gasteiger partial charge in [-0.2, -0.15) is 11.8 Å². The summed E-state index contributed by atoms with van der Waals surface area (Å²) >= 11 is 2.90. The average molecular weight is 367 g/mol. The number of methoxy groups -OCH3 is 1. The van der Waals surface area contributed by atoms with E-state index in [0.717, 1.165) is 10.4 Å². The number of carbonyl (C=O) groups is 2. The van der Waals surface area contributed by atoms with Crippen LogP contribution in [0.5, 0.6) is 0 Å². The van der Waals surface area contributed by atoms with Crippen LogP contribution in [-0.2, 0) is 14.3 Å². The minimum atomic E-state index is -0.312. The summed E-state index contributed by atoms with van der Waals surface area (Å²) in [5.74, 6) is 0.0482. The highest BCUT2D eigenvalue weighted by Crippen LogP contribution is 2.26. The van der Waals surface area contributed by atoms with Crippen LogP contribution in [0.4, 0.5) is 4.39 Å². The van der Waals surface area contributed by atoms with Crippen molar-refractivity contribution < 1.29 is 18.7 Å². The maximum atomic E-state index is 13.1. The number of esters is 1. The summed E-state index contributed by atoms with van der Waals surface area (Å²) in [6.45, 7) is 0. The standard InChI is InChI=1S/C17H18FNO3S2/c1-22-16(21)8-10-23-11-15(20)19-17(14-3-2-9-24-14)12-4-6-13(18)7-5-12/h2-7,9,17H,8,10-11H2,1H3,(H,19,20). The summed E-state index contributed by atoms with van der Waals surface area (Å²) in [6, 6.07) is 9.64. The zero-order valence-electron chi connectivity index (χ0n) is 13.2. The van der Waals surface area contributed by atoms with Crippen molar-refractivity contribution >= 4 is 35.0 Å². The van der Waals surface area contributed by atoms with Gasteiger partial charge in [-0.3, -0.25) is 9.59 Å². The number of nitrogens with one attached hydrogen (secondary N) is 1. The van der Waals surface area contributed by atoms with E-state index in [-0.39, 0.29) is 35.9 Å². The van der Waals surface area contributed by atoms with Crippen LogP contribution in [0.2, 0.25) is 0 Å². The Bertz CT molecular complexity index is 659. The molecule has 0 aliphatic rings. The Morgan fingerprint density at radius 3 is 2.67 bits per heavy atom. The summed E-state index contributed by atoms with van der Waals surface area (Å²) in [5.41, 5.74) is 0.826. The number of thiophene rings is 1. The number of amides is 1. The summed E-state index contributed by atoms with van der Waals surface area (Å²) in [4.78, 5) is 24.2. The zero-order chi connectivity index (χ0) is 17.4. The molecule has 0 aliphatic carbocycles. The number of benzene rings is 1. The van der Waals surface area contributed by atoms with E-state index in [1.165, 1.54) is 42.3 Å². The lowest BCUT2D eigenvalue weighted by atomic mass is 10.1. The van der Waals surface area contributed by atoms with E-state index < -0.39 is 0 Å². The molecule has 0 bridgehead atoms. The number of ether oxygens (including phenoxy) is 1. The molecular weight excluding hydrogens is 349 g/mol. The Kier molecular flexibility index (Phi) is 7.27. The molecule has 1 N–H and O–H groups in total. The zero-order valence-corrected chi connectivity index (χ0v) is 14.8. The molecule has 1 aromatic heterocycles. The lowest BCUT2D eigenvalue weighted by Gasteiger charge is -2.18. The normalized spacial score (nSPS) is 11.8. The van der Waals surface area contributed by atoms with Crippen molar-refractivity contribution in [2.24, 2.45) is 0 Å². The highest BCUT2D eigenvalue weighted by atomic mass is 32.2. The number of carbonyl (C=O) groups excluding carboxylic acids is 2. The van der Waals surface area contributed by atoms with Gasteiger partial charge in [0, 0.05) is 10.6 Å². The Hall–Kier alpha value is -1.86. The van der Waals surface area contributed by atoms with Gasteiger partial charge in [0.15, 0.2) is 0 Å².